The number of rotatable bonds is 6. The lowest BCUT2D eigenvalue weighted by Crippen LogP contribution is -2.53. The SMILES string of the molecule is CC(C)C[C@H](C(=O)O)N(C(=O)c1ccccc1)C1NCCc2ccccc21. The van der Waals surface area contributed by atoms with Crippen molar-refractivity contribution in [3.63, 3.8) is 0 Å². The van der Waals surface area contributed by atoms with Crippen LogP contribution in [0.15, 0.2) is 54.6 Å². The van der Waals surface area contributed by atoms with Crippen LogP contribution in [0.4, 0.5) is 0 Å². The molecule has 1 heterocycles. The first kappa shape index (κ1) is 19.1. The average molecular weight is 366 g/mol. The van der Waals surface area contributed by atoms with E-state index >= 15 is 0 Å². The summed E-state index contributed by atoms with van der Waals surface area (Å²) in [7, 11) is 0. The molecule has 0 radical (unpaired) electrons. The summed E-state index contributed by atoms with van der Waals surface area (Å²) in [5.74, 6) is -1.09. The second kappa shape index (κ2) is 8.35. The highest BCUT2D eigenvalue weighted by Crippen LogP contribution is 2.30. The van der Waals surface area contributed by atoms with Crippen LogP contribution in [0.5, 0.6) is 0 Å². The van der Waals surface area contributed by atoms with Crippen LogP contribution in [0.2, 0.25) is 0 Å². The van der Waals surface area contributed by atoms with Crippen LogP contribution in [-0.4, -0.2) is 34.5 Å². The van der Waals surface area contributed by atoms with Crippen molar-refractivity contribution < 1.29 is 14.7 Å². The number of amides is 1. The molecule has 0 aromatic heterocycles. The highest BCUT2D eigenvalue weighted by molar-refractivity contribution is 5.97. The van der Waals surface area contributed by atoms with Crippen molar-refractivity contribution in [1.82, 2.24) is 10.2 Å². The Kier molecular flexibility index (Phi) is 5.91. The lowest BCUT2D eigenvalue weighted by molar-refractivity contribution is -0.144. The summed E-state index contributed by atoms with van der Waals surface area (Å²) in [5, 5.41) is 13.3. The Morgan fingerprint density at radius 2 is 1.78 bits per heavy atom. The minimum atomic E-state index is -0.974. The molecule has 0 spiro atoms. The molecule has 0 bridgehead atoms. The van der Waals surface area contributed by atoms with Gasteiger partial charge in [0.05, 0.1) is 0 Å². The molecule has 5 heteroatoms. The van der Waals surface area contributed by atoms with Gasteiger partial charge in [-0.15, -0.1) is 0 Å². The second-order valence-corrected chi connectivity index (χ2v) is 7.37. The predicted octanol–water partition coefficient (Wildman–Crippen LogP) is 3.47. The minimum absolute atomic E-state index is 0.149. The second-order valence-electron chi connectivity index (χ2n) is 7.37. The van der Waals surface area contributed by atoms with Crippen molar-refractivity contribution >= 4 is 11.9 Å². The molecule has 1 aliphatic heterocycles. The first-order valence-corrected chi connectivity index (χ1v) is 9.40. The van der Waals surface area contributed by atoms with E-state index in [0.717, 1.165) is 17.5 Å². The Hall–Kier alpha value is -2.66. The van der Waals surface area contributed by atoms with Gasteiger partial charge in [0.1, 0.15) is 12.2 Å². The number of nitrogens with one attached hydrogen (secondary N) is 1. The number of nitrogens with zero attached hydrogens (tertiary/aromatic N) is 1. The van der Waals surface area contributed by atoms with Gasteiger partial charge in [-0.25, -0.2) is 4.79 Å². The zero-order chi connectivity index (χ0) is 19.4. The van der Waals surface area contributed by atoms with Crippen LogP contribution in [0.3, 0.4) is 0 Å². The third kappa shape index (κ3) is 4.19. The van der Waals surface area contributed by atoms with Crippen LogP contribution in [0, 0.1) is 5.92 Å². The number of fused-ring (bicyclic) bond motifs is 1. The molecule has 0 saturated heterocycles. The summed E-state index contributed by atoms with van der Waals surface area (Å²) >= 11 is 0. The normalized spacial score (nSPS) is 17.2. The highest BCUT2D eigenvalue weighted by atomic mass is 16.4. The van der Waals surface area contributed by atoms with E-state index in [1.807, 2.05) is 44.2 Å². The first-order chi connectivity index (χ1) is 13.0. The highest BCUT2D eigenvalue weighted by Gasteiger charge is 2.38. The molecule has 2 aromatic rings. The summed E-state index contributed by atoms with van der Waals surface area (Å²) in [5.41, 5.74) is 2.63. The molecule has 142 valence electrons. The van der Waals surface area contributed by atoms with Crippen molar-refractivity contribution in [3.05, 3.63) is 71.3 Å². The quantitative estimate of drug-likeness (QED) is 0.821. The number of hydrogen-bond acceptors (Lipinski definition) is 3. The maximum atomic E-state index is 13.4. The standard InChI is InChI=1S/C22H26N2O3/c1-15(2)14-19(22(26)27)24(21(25)17-9-4-3-5-10-17)20-18-11-7-6-8-16(18)12-13-23-20/h3-11,15,19-20,23H,12-14H2,1-2H3,(H,26,27)/t19-,20?/m1/s1. The maximum absolute atomic E-state index is 13.4. The van der Waals surface area contributed by atoms with Crippen LogP contribution in [0.1, 0.15) is 47.9 Å². The predicted molar refractivity (Wildman–Crippen MR) is 104 cm³/mol. The fraction of sp³-hybridized carbons (Fsp3) is 0.364. The molecule has 1 unspecified atom stereocenters. The van der Waals surface area contributed by atoms with Gasteiger partial charge in [0.15, 0.2) is 0 Å². The lowest BCUT2D eigenvalue weighted by atomic mass is 9.94. The Morgan fingerprint density at radius 3 is 2.44 bits per heavy atom. The smallest absolute Gasteiger partial charge is 0.326 e. The summed E-state index contributed by atoms with van der Waals surface area (Å²) in [6.45, 7) is 4.65. The van der Waals surface area contributed by atoms with Crippen molar-refractivity contribution in [2.24, 2.45) is 5.92 Å². The van der Waals surface area contributed by atoms with Crippen molar-refractivity contribution in [3.8, 4) is 0 Å². The van der Waals surface area contributed by atoms with E-state index < -0.39 is 18.2 Å². The summed E-state index contributed by atoms with van der Waals surface area (Å²) < 4.78 is 0. The van der Waals surface area contributed by atoms with E-state index in [2.05, 4.69) is 5.32 Å². The van der Waals surface area contributed by atoms with E-state index in [-0.39, 0.29) is 11.8 Å². The molecule has 0 fully saturated rings. The summed E-state index contributed by atoms with van der Waals surface area (Å²) in [6.07, 6.45) is 0.804. The fourth-order valence-corrected chi connectivity index (χ4v) is 3.68. The van der Waals surface area contributed by atoms with Crippen molar-refractivity contribution in [2.75, 3.05) is 6.54 Å². The molecular formula is C22H26N2O3. The molecule has 2 aromatic carbocycles. The number of carboxylic acid groups (broad SMARTS) is 1. The summed E-state index contributed by atoms with van der Waals surface area (Å²) in [6, 6.07) is 15.9. The third-order valence-corrected chi connectivity index (χ3v) is 4.93. The van der Waals surface area contributed by atoms with Crippen molar-refractivity contribution in [2.45, 2.75) is 38.9 Å². The van der Waals surface area contributed by atoms with Gasteiger partial charge in [-0.05, 0) is 42.0 Å². The van der Waals surface area contributed by atoms with Crippen molar-refractivity contribution in [1.29, 1.82) is 0 Å². The third-order valence-electron chi connectivity index (χ3n) is 4.93. The molecule has 2 atom stereocenters. The molecule has 1 amide bonds. The molecular weight excluding hydrogens is 340 g/mol. The molecule has 27 heavy (non-hydrogen) atoms. The Labute approximate surface area is 160 Å². The van der Waals surface area contributed by atoms with E-state index in [4.69, 9.17) is 0 Å². The fourth-order valence-electron chi connectivity index (χ4n) is 3.68. The van der Waals surface area contributed by atoms with Gasteiger partial charge >= 0.3 is 5.97 Å². The zero-order valence-electron chi connectivity index (χ0n) is 15.8. The first-order valence-electron chi connectivity index (χ1n) is 9.40. The Balaban J connectivity index is 2.07. The monoisotopic (exact) mass is 366 g/mol. The molecule has 0 saturated carbocycles. The van der Waals surface area contributed by atoms with Gasteiger partial charge in [0, 0.05) is 12.1 Å². The zero-order valence-corrected chi connectivity index (χ0v) is 15.8. The molecule has 3 rings (SSSR count). The van der Waals surface area contributed by atoms with E-state index in [9.17, 15) is 14.7 Å². The molecule has 1 aliphatic rings. The average Bonchev–Trinajstić information content (AvgIpc) is 2.67. The number of aliphatic carboxylic acids is 1. The maximum Gasteiger partial charge on any atom is 0.326 e. The molecule has 5 nitrogen and oxygen atoms in total. The van der Waals surface area contributed by atoms with Crippen LogP contribution >= 0.6 is 0 Å². The number of benzene rings is 2. The number of carboxylic acids is 1. The lowest BCUT2D eigenvalue weighted by Gasteiger charge is -2.40. The molecule has 0 aliphatic carbocycles. The minimum Gasteiger partial charge on any atom is -0.480 e. The van der Waals surface area contributed by atoms with E-state index in [1.54, 1.807) is 24.3 Å². The number of hydrogen-bond donors (Lipinski definition) is 2. The number of carbonyl (C=O) groups is 2. The summed E-state index contributed by atoms with van der Waals surface area (Å²) in [4.78, 5) is 27.1. The van der Waals surface area contributed by atoms with Gasteiger partial charge in [-0.2, -0.15) is 0 Å². The van der Waals surface area contributed by atoms with Gasteiger partial charge in [0.25, 0.3) is 5.91 Å². The Bertz CT molecular complexity index is 804. The van der Waals surface area contributed by atoms with Gasteiger partial charge in [-0.1, -0.05) is 56.3 Å². The van der Waals surface area contributed by atoms with Gasteiger partial charge < -0.3 is 10.0 Å². The number of carbonyl (C=O) groups excluding carboxylic acids is 1. The molecule has 2 N–H and O–H groups in total. The van der Waals surface area contributed by atoms with Crippen LogP contribution < -0.4 is 5.32 Å². The van der Waals surface area contributed by atoms with Gasteiger partial charge in [0.2, 0.25) is 0 Å². The van der Waals surface area contributed by atoms with Gasteiger partial charge in [-0.3, -0.25) is 10.1 Å². The van der Waals surface area contributed by atoms with E-state index in [1.165, 1.54) is 4.90 Å². The largest absolute Gasteiger partial charge is 0.480 e. The topological polar surface area (TPSA) is 69.6 Å². The Morgan fingerprint density at radius 1 is 1.11 bits per heavy atom. The van der Waals surface area contributed by atoms with E-state index in [0.29, 0.717) is 18.5 Å². The van der Waals surface area contributed by atoms with Crippen LogP contribution in [-0.2, 0) is 11.2 Å². The van der Waals surface area contributed by atoms with Crippen LogP contribution in [0.25, 0.3) is 0 Å².